The van der Waals surface area contributed by atoms with Gasteiger partial charge in [0.2, 0.25) is 5.13 Å². The molecule has 0 unspecified atom stereocenters. The van der Waals surface area contributed by atoms with E-state index in [0.717, 1.165) is 27.7 Å². The highest BCUT2D eigenvalue weighted by Gasteiger charge is 2.04. The van der Waals surface area contributed by atoms with Crippen molar-refractivity contribution < 1.29 is 4.74 Å². The zero-order chi connectivity index (χ0) is 16.8. The monoisotopic (exact) mass is 357 g/mol. The van der Waals surface area contributed by atoms with Gasteiger partial charge in [-0.2, -0.15) is 5.10 Å². The maximum atomic E-state index is 6.16. The van der Waals surface area contributed by atoms with E-state index in [4.69, 9.17) is 16.3 Å². The fraction of sp³-hybridized carbons (Fsp3) is 0.111. The second-order valence-electron chi connectivity index (χ2n) is 5.08. The van der Waals surface area contributed by atoms with Crippen molar-refractivity contribution in [3.05, 3.63) is 75.8 Å². The summed E-state index contributed by atoms with van der Waals surface area (Å²) in [5.74, 6) is 0.748. The van der Waals surface area contributed by atoms with Crippen molar-refractivity contribution in [3.8, 4) is 5.75 Å². The fourth-order valence-corrected chi connectivity index (χ4v) is 2.88. The zero-order valence-corrected chi connectivity index (χ0v) is 14.6. The van der Waals surface area contributed by atoms with Gasteiger partial charge >= 0.3 is 0 Å². The van der Waals surface area contributed by atoms with Crippen molar-refractivity contribution in [2.75, 3.05) is 5.43 Å². The van der Waals surface area contributed by atoms with Crippen molar-refractivity contribution in [2.24, 2.45) is 5.10 Å². The van der Waals surface area contributed by atoms with Crippen LogP contribution in [0.25, 0.3) is 0 Å². The van der Waals surface area contributed by atoms with Crippen molar-refractivity contribution in [1.29, 1.82) is 0 Å². The van der Waals surface area contributed by atoms with Crippen molar-refractivity contribution in [2.45, 2.75) is 13.5 Å². The van der Waals surface area contributed by atoms with Crippen LogP contribution in [-0.4, -0.2) is 11.2 Å². The van der Waals surface area contributed by atoms with E-state index in [1.165, 1.54) is 11.3 Å². The number of hydrogen-bond acceptors (Lipinski definition) is 5. The molecule has 0 amide bonds. The molecule has 0 bridgehead atoms. The summed E-state index contributed by atoms with van der Waals surface area (Å²) in [4.78, 5) is 4.30. The number of nitrogens with zero attached hydrogens (tertiary/aromatic N) is 2. The summed E-state index contributed by atoms with van der Waals surface area (Å²) in [5, 5.41) is 7.66. The van der Waals surface area contributed by atoms with Gasteiger partial charge in [0, 0.05) is 21.5 Å². The molecule has 0 aliphatic carbocycles. The van der Waals surface area contributed by atoms with E-state index in [1.807, 2.05) is 60.8 Å². The third kappa shape index (κ3) is 4.34. The quantitative estimate of drug-likeness (QED) is 0.491. The van der Waals surface area contributed by atoms with Gasteiger partial charge in [0.25, 0.3) is 0 Å². The summed E-state index contributed by atoms with van der Waals surface area (Å²) in [5.41, 5.74) is 5.72. The van der Waals surface area contributed by atoms with E-state index >= 15 is 0 Å². The first-order valence-electron chi connectivity index (χ1n) is 7.39. The van der Waals surface area contributed by atoms with Gasteiger partial charge in [-0.25, -0.2) is 4.98 Å². The van der Waals surface area contributed by atoms with Crippen LogP contribution in [0.2, 0.25) is 5.02 Å². The Bertz CT molecular complexity index is 848. The number of aromatic nitrogens is 1. The highest BCUT2D eigenvalue weighted by atomic mass is 35.5. The first kappa shape index (κ1) is 16.5. The van der Waals surface area contributed by atoms with Gasteiger partial charge in [-0.15, -0.1) is 11.3 Å². The van der Waals surface area contributed by atoms with Crippen molar-refractivity contribution in [3.63, 3.8) is 0 Å². The molecule has 4 nitrogen and oxygen atoms in total. The number of rotatable bonds is 6. The lowest BCUT2D eigenvalue weighted by atomic mass is 10.2. The highest BCUT2D eigenvalue weighted by Crippen LogP contribution is 2.21. The first-order valence-corrected chi connectivity index (χ1v) is 8.64. The van der Waals surface area contributed by atoms with Gasteiger partial charge in [0.15, 0.2) is 0 Å². The second-order valence-corrected chi connectivity index (χ2v) is 6.35. The Balaban J connectivity index is 1.67. The summed E-state index contributed by atoms with van der Waals surface area (Å²) in [7, 11) is 0. The van der Waals surface area contributed by atoms with E-state index < -0.39 is 0 Å². The Morgan fingerprint density at radius 1 is 1.21 bits per heavy atom. The van der Waals surface area contributed by atoms with Crippen molar-refractivity contribution >= 4 is 34.3 Å². The van der Waals surface area contributed by atoms with Crippen LogP contribution in [0, 0.1) is 6.92 Å². The third-order valence-corrected chi connectivity index (χ3v) is 4.48. The van der Waals surface area contributed by atoms with E-state index in [1.54, 1.807) is 6.21 Å². The van der Waals surface area contributed by atoms with Gasteiger partial charge < -0.3 is 4.74 Å². The molecule has 3 aromatic rings. The topological polar surface area (TPSA) is 46.5 Å². The van der Waals surface area contributed by atoms with Crippen LogP contribution < -0.4 is 10.2 Å². The van der Waals surface area contributed by atoms with Gasteiger partial charge in [0.05, 0.1) is 11.9 Å². The molecule has 1 heterocycles. The number of nitrogens with one attached hydrogen (secondary N) is 1. The molecular formula is C18H16ClN3OS. The molecule has 0 aliphatic rings. The lowest BCUT2D eigenvalue weighted by Gasteiger charge is -2.10. The molecule has 122 valence electrons. The Morgan fingerprint density at radius 2 is 2.00 bits per heavy atom. The summed E-state index contributed by atoms with van der Waals surface area (Å²) in [6.45, 7) is 2.35. The molecule has 6 heteroatoms. The minimum atomic E-state index is 0.406. The Morgan fingerprint density at radius 3 is 2.79 bits per heavy atom. The normalized spacial score (nSPS) is 10.9. The number of halogens is 1. The lowest BCUT2D eigenvalue weighted by molar-refractivity contribution is 0.306. The van der Waals surface area contributed by atoms with Crippen LogP contribution in [0.1, 0.15) is 16.8 Å². The molecule has 3 rings (SSSR count). The lowest BCUT2D eigenvalue weighted by Crippen LogP contribution is -1.99. The minimum Gasteiger partial charge on any atom is -0.488 e. The number of thiazole rings is 1. The van der Waals surface area contributed by atoms with Crippen LogP contribution in [-0.2, 0) is 6.61 Å². The SMILES string of the molecule is Cc1csc(NN=Cc2ccccc2OCc2ccccc2Cl)n1. The number of anilines is 1. The number of ether oxygens (including phenoxy) is 1. The van der Waals surface area contributed by atoms with Crippen LogP contribution in [0.3, 0.4) is 0 Å². The molecule has 1 N–H and O–H groups in total. The van der Waals surface area contributed by atoms with Gasteiger partial charge in [-0.3, -0.25) is 5.43 Å². The summed E-state index contributed by atoms with van der Waals surface area (Å²) >= 11 is 7.68. The van der Waals surface area contributed by atoms with Crippen LogP contribution in [0.5, 0.6) is 5.75 Å². The average Bonchev–Trinajstić information content (AvgIpc) is 3.00. The molecular weight excluding hydrogens is 342 g/mol. The highest BCUT2D eigenvalue weighted by molar-refractivity contribution is 7.13. The fourth-order valence-electron chi connectivity index (χ4n) is 2.05. The van der Waals surface area contributed by atoms with E-state index in [2.05, 4.69) is 15.5 Å². The molecule has 0 spiro atoms. The standard InChI is InChI=1S/C18H16ClN3OS/c1-13-12-24-18(21-13)22-20-10-14-6-3-5-9-17(14)23-11-15-7-2-4-8-16(15)19/h2-10,12H,11H2,1H3,(H,21,22). The second kappa shape index (κ2) is 7.95. The molecule has 0 saturated carbocycles. The van der Waals surface area contributed by atoms with Crippen LogP contribution in [0.4, 0.5) is 5.13 Å². The molecule has 24 heavy (non-hydrogen) atoms. The third-order valence-electron chi connectivity index (χ3n) is 3.24. The number of hydrogen-bond donors (Lipinski definition) is 1. The van der Waals surface area contributed by atoms with Crippen LogP contribution in [0.15, 0.2) is 59.0 Å². The molecule has 0 saturated heterocycles. The summed E-state index contributed by atoms with van der Waals surface area (Å²) in [6.07, 6.45) is 1.72. The predicted octanol–water partition coefficient (Wildman–Crippen LogP) is 5.13. The number of benzene rings is 2. The zero-order valence-electron chi connectivity index (χ0n) is 13.1. The van der Waals surface area contributed by atoms with E-state index in [9.17, 15) is 0 Å². The molecule has 1 aromatic heterocycles. The van der Waals surface area contributed by atoms with E-state index in [-0.39, 0.29) is 0 Å². The molecule has 0 atom stereocenters. The molecule has 2 aromatic carbocycles. The summed E-state index contributed by atoms with van der Waals surface area (Å²) in [6, 6.07) is 15.4. The average molecular weight is 358 g/mol. The molecule has 0 aliphatic heterocycles. The van der Waals surface area contributed by atoms with Crippen molar-refractivity contribution in [1.82, 2.24) is 4.98 Å². The van der Waals surface area contributed by atoms with Crippen LogP contribution >= 0.6 is 22.9 Å². The maximum absolute atomic E-state index is 6.16. The first-order chi connectivity index (χ1) is 11.7. The largest absolute Gasteiger partial charge is 0.488 e. The Kier molecular flexibility index (Phi) is 5.46. The van der Waals surface area contributed by atoms with Gasteiger partial charge in [-0.1, -0.05) is 41.9 Å². The predicted molar refractivity (Wildman–Crippen MR) is 100 cm³/mol. The van der Waals surface area contributed by atoms with E-state index in [0.29, 0.717) is 11.6 Å². The van der Waals surface area contributed by atoms with Gasteiger partial charge in [-0.05, 0) is 25.1 Å². The number of aryl methyl sites for hydroxylation is 1. The number of para-hydroxylation sites is 1. The molecule has 0 radical (unpaired) electrons. The van der Waals surface area contributed by atoms with Gasteiger partial charge in [0.1, 0.15) is 12.4 Å². The number of hydrazone groups is 1. The Labute approximate surface area is 149 Å². The summed E-state index contributed by atoms with van der Waals surface area (Å²) < 4.78 is 5.89. The maximum Gasteiger partial charge on any atom is 0.203 e. The minimum absolute atomic E-state index is 0.406. The molecule has 0 fully saturated rings. The Hall–Kier alpha value is -2.37. The smallest absolute Gasteiger partial charge is 0.203 e.